The summed E-state index contributed by atoms with van der Waals surface area (Å²) in [6.07, 6.45) is -0.0532. The minimum atomic E-state index is -0.415. The van der Waals surface area contributed by atoms with Gasteiger partial charge in [-0.05, 0) is 30.4 Å². The third-order valence-corrected chi connectivity index (χ3v) is 5.46. The Labute approximate surface area is 161 Å². The highest BCUT2D eigenvalue weighted by Crippen LogP contribution is 2.38. The van der Waals surface area contributed by atoms with Crippen molar-refractivity contribution in [1.82, 2.24) is 5.06 Å². The van der Waals surface area contributed by atoms with Gasteiger partial charge in [-0.25, -0.2) is 0 Å². The second kappa shape index (κ2) is 7.69. The number of nitrogens with zero attached hydrogens (tertiary/aromatic N) is 1. The molecular formula is C23H24BNO2. The van der Waals surface area contributed by atoms with Gasteiger partial charge in [0.25, 0.3) is 0 Å². The Kier molecular flexibility index (Phi) is 5.12. The predicted molar refractivity (Wildman–Crippen MR) is 109 cm³/mol. The van der Waals surface area contributed by atoms with Gasteiger partial charge in [0.2, 0.25) is 0 Å². The van der Waals surface area contributed by atoms with E-state index >= 15 is 0 Å². The van der Waals surface area contributed by atoms with E-state index in [4.69, 9.17) is 9.41 Å². The first-order chi connectivity index (χ1) is 13.2. The lowest BCUT2D eigenvalue weighted by molar-refractivity contribution is -0.231. The lowest BCUT2D eigenvalue weighted by atomic mass is 9.75. The van der Waals surface area contributed by atoms with Crippen LogP contribution in [-0.4, -0.2) is 18.3 Å². The molecule has 3 nitrogen and oxygen atoms in total. The van der Waals surface area contributed by atoms with Crippen molar-refractivity contribution in [3.63, 3.8) is 0 Å². The Morgan fingerprint density at radius 2 is 1.41 bits per heavy atom. The molecule has 3 aromatic rings. The molecule has 1 saturated heterocycles. The maximum atomic E-state index is 6.43. The third-order valence-electron chi connectivity index (χ3n) is 5.46. The molecule has 27 heavy (non-hydrogen) atoms. The lowest BCUT2D eigenvalue weighted by Crippen LogP contribution is -2.62. The van der Waals surface area contributed by atoms with E-state index in [1.807, 2.05) is 42.5 Å². The van der Waals surface area contributed by atoms with Crippen molar-refractivity contribution in [3.8, 4) is 0 Å². The van der Waals surface area contributed by atoms with Gasteiger partial charge in [-0.15, -0.1) is 0 Å². The average molecular weight is 357 g/mol. The summed E-state index contributed by atoms with van der Waals surface area (Å²) in [5.41, 5.74) is 3.01. The van der Waals surface area contributed by atoms with Crippen LogP contribution in [0, 0.1) is 0 Å². The van der Waals surface area contributed by atoms with Crippen molar-refractivity contribution < 1.29 is 9.41 Å². The van der Waals surface area contributed by atoms with Crippen LogP contribution in [0.3, 0.4) is 0 Å². The summed E-state index contributed by atoms with van der Waals surface area (Å²) < 4.78 is 12.8. The summed E-state index contributed by atoms with van der Waals surface area (Å²) in [7, 11) is -0.415. The maximum absolute atomic E-state index is 6.43. The Hall–Kier alpha value is -2.40. The fraction of sp³-hybridized carbons (Fsp3) is 0.217. The summed E-state index contributed by atoms with van der Waals surface area (Å²) in [6.45, 7) is 5.00. The van der Waals surface area contributed by atoms with Gasteiger partial charge in [0.05, 0.1) is 11.6 Å². The zero-order valence-electron chi connectivity index (χ0n) is 15.8. The molecule has 0 bridgehead atoms. The fourth-order valence-corrected chi connectivity index (χ4v) is 3.63. The van der Waals surface area contributed by atoms with Gasteiger partial charge < -0.3 is 9.41 Å². The number of hydroxylamine groups is 2. The third kappa shape index (κ3) is 3.56. The van der Waals surface area contributed by atoms with Crippen LogP contribution in [0.1, 0.15) is 25.0 Å². The first kappa shape index (κ1) is 18.0. The molecule has 0 N–H and O–H groups in total. The van der Waals surface area contributed by atoms with Crippen LogP contribution in [0.25, 0.3) is 0 Å². The Balaban J connectivity index is 1.71. The standard InChI is InChI=1S/C23H24BNO2/c1-19-23(2,21-14-8-4-9-15-21)25(18-20-12-6-3-7-13-20)27-24(26-19)22-16-10-5-11-17-22/h3-17,19H,18H2,1-2H3. The molecule has 0 radical (unpaired) electrons. The van der Waals surface area contributed by atoms with Gasteiger partial charge in [-0.2, -0.15) is 5.06 Å². The van der Waals surface area contributed by atoms with E-state index in [1.54, 1.807) is 0 Å². The maximum Gasteiger partial charge on any atom is 0.511 e. The second-order valence-electron chi connectivity index (χ2n) is 7.16. The zero-order valence-corrected chi connectivity index (χ0v) is 15.8. The molecule has 3 aromatic carbocycles. The molecular weight excluding hydrogens is 333 g/mol. The molecule has 4 rings (SSSR count). The Morgan fingerprint density at radius 1 is 0.852 bits per heavy atom. The van der Waals surface area contributed by atoms with E-state index in [-0.39, 0.29) is 6.10 Å². The van der Waals surface area contributed by atoms with Gasteiger partial charge in [0, 0.05) is 6.54 Å². The van der Waals surface area contributed by atoms with Crippen molar-refractivity contribution in [1.29, 1.82) is 0 Å². The molecule has 2 atom stereocenters. The van der Waals surface area contributed by atoms with Crippen molar-refractivity contribution in [2.75, 3.05) is 0 Å². The first-order valence-electron chi connectivity index (χ1n) is 9.42. The Morgan fingerprint density at radius 3 is 2.04 bits per heavy atom. The summed E-state index contributed by atoms with van der Waals surface area (Å²) in [5, 5.41) is 2.09. The fourth-order valence-electron chi connectivity index (χ4n) is 3.63. The number of rotatable bonds is 4. The van der Waals surface area contributed by atoms with Crippen LogP contribution in [0.5, 0.6) is 0 Å². The molecule has 0 amide bonds. The summed E-state index contributed by atoms with van der Waals surface area (Å²) >= 11 is 0. The zero-order chi connectivity index (χ0) is 18.7. The van der Waals surface area contributed by atoms with Crippen LogP contribution < -0.4 is 5.46 Å². The van der Waals surface area contributed by atoms with Gasteiger partial charge >= 0.3 is 7.12 Å². The molecule has 0 aliphatic carbocycles. The van der Waals surface area contributed by atoms with Crippen molar-refractivity contribution in [2.45, 2.75) is 32.0 Å². The van der Waals surface area contributed by atoms with Gasteiger partial charge in [-0.1, -0.05) is 91.0 Å². The molecule has 0 spiro atoms. The molecule has 1 fully saturated rings. The highest BCUT2D eigenvalue weighted by Gasteiger charge is 2.48. The molecule has 1 aliphatic heterocycles. The smallest absolute Gasteiger partial charge is 0.402 e. The van der Waals surface area contributed by atoms with E-state index in [1.165, 1.54) is 11.1 Å². The molecule has 136 valence electrons. The predicted octanol–water partition coefficient (Wildman–Crippen LogP) is 4.15. The summed E-state index contributed by atoms with van der Waals surface area (Å²) in [5.74, 6) is 0. The summed E-state index contributed by atoms with van der Waals surface area (Å²) in [6, 6.07) is 31.0. The van der Waals surface area contributed by atoms with E-state index in [9.17, 15) is 0 Å². The monoisotopic (exact) mass is 357 g/mol. The second-order valence-corrected chi connectivity index (χ2v) is 7.16. The Bertz CT molecular complexity index is 859. The van der Waals surface area contributed by atoms with Crippen LogP contribution >= 0.6 is 0 Å². The normalized spacial score (nSPS) is 23.3. The number of benzene rings is 3. The van der Waals surface area contributed by atoms with Crippen LogP contribution in [-0.2, 0) is 21.5 Å². The van der Waals surface area contributed by atoms with Crippen molar-refractivity contribution in [3.05, 3.63) is 102 Å². The summed E-state index contributed by atoms with van der Waals surface area (Å²) in [4.78, 5) is 0. The minimum Gasteiger partial charge on any atom is -0.402 e. The first-order valence-corrected chi connectivity index (χ1v) is 9.42. The highest BCUT2D eigenvalue weighted by molar-refractivity contribution is 6.61. The van der Waals surface area contributed by atoms with Gasteiger partial charge in [0.1, 0.15) is 0 Å². The quantitative estimate of drug-likeness (QED) is 0.655. The van der Waals surface area contributed by atoms with Crippen LogP contribution in [0.2, 0.25) is 0 Å². The van der Waals surface area contributed by atoms with E-state index < -0.39 is 12.7 Å². The SMILES string of the molecule is CC1OB(c2ccccc2)ON(Cc2ccccc2)C1(C)c1ccccc1. The van der Waals surface area contributed by atoms with E-state index in [0.29, 0.717) is 6.54 Å². The molecule has 0 aromatic heterocycles. The highest BCUT2D eigenvalue weighted by atomic mass is 16.7. The van der Waals surface area contributed by atoms with Crippen molar-refractivity contribution in [2.24, 2.45) is 0 Å². The molecule has 2 unspecified atom stereocenters. The molecule has 4 heteroatoms. The van der Waals surface area contributed by atoms with Crippen LogP contribution in [0.4, 0.5) is 0 Å². The average Bonchev–Trinajstić information content (AvgIpc) is 2.73. The molecule has 0 saturated carbocycles. The van der Waals surface area contributed by atoms with Gasteiger partial charge in [-0.3, -0.25) is 0 Å². The topological polar surface area (TPSA) is 21.7 Å². The van der Waals surface area contributed by atoms with Crippen molar-refractivity contribution >= 4 is 12.6 Å². The molecule has 1 heterocycles. The molecule has 1 aliphatic rings. The van der Waals surface area contributed by atoms with E-state index in [2.05, 4.69) is 67.4 Å². The number of hydrogen-bond acceptors (Lipinski definition) is 3. The van der Waals surface area contributed by atoms with E-state index in [0.717, 1.165) is 5.46 Å². The number of hydrogen-bond donors (Lipinski definition) is 0. The largest absolute Gasteiger partial charge is 0.511 e. The lowest BCUT2D eigenvalue weighted by Gasteiger charge is -2.50. The van der Waals surface area contributed by atoms with Gasteiger partial charge in [0.15, 0.2) is 0 Å². The minimum absolute atomic E-state index is 0.0532. The van der Waals surface area contributed by atoms with Crippen LogP contribution in [0.15, 0.2) is 91.0 Å².